The highest BCUT2D eigenvalue weighted by molar-refractivity contribution is 6.38. The number of esters is 1. The molecule has 0 saturated heterocycles. The van der Waals surface area contributed by atoms with E-state index in [1.165, 1.54) is 17.2 Å². The minimum Gasteiger partial charge on any atom is -0.456 e. The molecule has 1 aliphatic carbocycles. The van der Waals surface area contributed by atoms with Crippen LogP contribution in [0.4, 0.5) is 0 Å². The van der Waals surface area contributed by atoms with Gasteiger partial charge in [0, 0.05) is 5.92 Å². The van der Waals surface area contributed by atoms with Gasteiger partial charge in [-0.25, -0.2) is 4.79 Å². The number of hydrogen-bond donors (Lipinski definition) is 0. The van der Waals surface area contributed by atoms with E-state index in [4.69, 9.17) is 4.74 Å². The Hall–Kier alpha value is -2.68. The van der Waals surface area contributed by atoms with Gasteiger partial charge in [0.25, 0.3) is 5.78 Å². The quantitative estimate of drug-likeness (QED) is 0.297. The van der Waals surface area contributed by atoms with Gasteiger partial charge in [0.15, 0.2) is 0 Å². The fourth-order valence-corrected chi connectivity index (χ4v) is 4.71. The van der Waals surface area contributed by atoms with Gasteiger partial charge in [0.2, 0.25) is 0 Å². The van der Waals surface area contributed by atoms with Crippen LogP contribution in [0.25, 0.3) is 0 Å². The zero-order valence-electron chi connectivity index (χ0n) is 18.9. The Morgan fingerprint density at radius 3 is 2.32 bits per heavy atom. The van der Waals surface area contributed by atoms with Crippen molar-refractivity contribution in [2.45, 2.75) is 64.4 Å². The Morgan fingerprint density at radius 1 is 1.00 bits per heavy atom. The van der Waals surface area contributed by atoms with E-state index in [1.54, 1.807) is 6.08 Å². The Balaban J connectivity index is 1.61. The molecule has 3 heteroatoms. The van der Waals surface area contributed by atoms with E-state index in [9.17, 15) is 9.59 Å². The fourth-order valence-electron chi connectivity index (χ4n) is 4.71. The number of rotatable bonds is 8. The van der Waals surface area contributed by atoms with Crippen LogP contribution in [0, 0.1) is 11.8 Å². The van der Waals surface area contributed by atoms with E-state index in [0.717, 1.165) is 25.7 Å². The molecule has 31 heavy (non-hydrogen) atoms. The lowest BCUT2D eigenvalue weighted by molar-refractivity contribution is -0.161. The lowest BCUT2D eigenvalue weighted by Crippen LogP contribution is -2.44. The van der Waals surface area contributed by atoms with Crippen molar-refractivity contribution >= 4 is 11.8 Å². The summed E-state index contributed by atoms with van der Waals surface area (Å²) in [7, 11) is 0. The molecule has 1 fully saturated rings. The molecule has 1 aliphatic rings. The van der Waals surface area contributed by atoms with Crippen LogP contribution in [0.5, 0.6) is 0 Å². The summed E-state index contributed by atoms with van der Waals surface area (Å²) in [6.45, 7) is 6.63. The fraction of sp³-hybridized carbons (Fsp3) is 0.429. The normalized spacial score (nSPS) is 21.7. The first-order valence-electron chi connectivity index (χ1n) is 11.4. The average molecular weight is 419 g/mol. The van der Waals surface area contributed by atoms with E-state index in [2.05, 4.69) is 45.0 Å². The van der Waals surface area contributed by atoms with Gasteiger partial charge < -0.3 is 4.74 Å². The van der Waals surface area contributed by atoms with Gasteiger partial charge in [0.1, 0.15) is 6.10 Å². The first-order chi connectivity index (χ1) is 14.9. The van der Waals surface area contributed by atoms with Crippen molar-refractivity contribution < 1.29 is 14.3 Å². The highest BCUT2D eigenvalue weighted by atomic mass is 16.5. The molecule has 3 nitrogen and oxygen atoms in total. The molecule has 0 bridgehead atoms. The summed E-state index contributed by atoms with van der Waals surface area (Å²) in [5.74, 6) is -0.631. The standard InChI is InChI=1S/C28H34O3/c1-21-18-19-24(28(2,3)23-15-8-5-9-16-23)26(20-21)31-27(30)25(29)17-11-10-14-22-12-6-4-7-13-22/h4-9,11-13,15-17,21,24,26H,10,14,18-20H2,1-3H3/b17-11+/t21-,24-,26-/m1/s1. The third-order valence-corrected chi connectivity index (χ3v) is 6.67. The van der Waals surface area contributed by atoms with Crippen LogP contribution in [0.2, 0.25) is 0 Å². The van der Waals surface area contributed by atoms with Crippen LogP contribution in [0.15, 0.2) is 72.8 Å². The molecule has 2 aromatic carbocycles. The molecular weight excluding hydrogens is 384 g/mol. The van der Waals surface area contributed by atoms with Gasteiger partial charge in [-0.3, -0.25) is 4.79 Å². The minimum absolute atomic E-state index is 0.138. The zero-order chi connectivity index (χ0) is 22.3. The summed E-state index contributed by atoms with van der Waals surface area (Å²) in [4.78, 5) is 24.9. The predicted octanol–water partition coefficient (Wildman–Crippen LogP) is 6.07. The Kier molecular flexibility index (Phi) is 7.84. The first-order valence-corrected chi connectivity index (χ1v) is 11.4. The molecule has 1 saturated carbocycles. The molecule has 0 aromatic heterocycles. The average Bonchev–Trinajstić information content (AvgIpc) is 2.77. The SMILES string of the molecule is C[C@@H]1CC[C@@H](C(C)(C)c2ccccc2)[C@H](OC(=O)C(=O)/C=C/CCc2ccccc2)C1. The first kappa shape index (κ1) is 23.0. The molecule has 0 aliphatic heterocycles. The molecule has 0 heterocycles. The van der Waals surface area contributed by atoms with E-state index >= 15 is 0 Å². The minimum atomic E-state index is -0.732. The topological polar surface area (TPSA) is 43.4 Å². The zero-order valence-corrected chi connectivity index (χ0v) is 18.9. The number of benzene rings is 2. The Labute approximate surface area is 186 Å². The Bertz CT molecular complexity index is 883. The van der Waals surface area contributed by atoms with Crippen LogP contribution < -0.4 is 0 Å². The number of ether oxygens (including phenoxy) is 1. The van der Waals surface area contributed by atoms with Crippen molar-refractivity contribution in [3.63, 3.8) is 0 Å². The third kappa shape index (κ3) is 6.16. The smallest absolute Gasteiger partial charge is 0.379 e. The predicted molar refractivity (Wildman–Crippen MR) is 125 cm³/mol. The van der Waals surface area contributed by atoms with Crippen LogP contribution in [-0.2, 0) is 26.2 Å². The third-order valence-electron chi connectivity index (χ3n) is 6.67. The molecule has 3 rings (SSSR count). The largest absolute Gasteiger partial charge is 0.456 e. The molecule has 0 N–H and O–H groups in total. The highest BCUT2D eigenvalue weighted by Gasteiger charge is 2.42. The number of carbonyl (C=O) groups is 2. The lowest BCUT2D eigenvalue weighted by Gasteiger charge is -2.43. The van der Waals surface area contributed by atoms with Gasteiger partial charge in [-0.1, -0.05) is 93.9 Å². The summed E-state index contributed by atoms with van der Waals surface area (Å²) >= 11 is 0. The van der Waals surface area contributed by atoms with E-state index in [0.29, 0.717) is 12.3 Å². The number of hydrogen-bond acceptors (Lipinski definition) is 3. The summed E-state index contributed by atoms with van der Waals surface area (Å²) in [6.07, 6.45) is 7.36. The molecular formula is C28H34O3. The molecule has 2 aromatic rings. The van der Waals surface area contributed by atoms with Gasteiger partial charge in [-0.05, 0) is 54.2 Å². The molecule has 0 amide bonds. The maximum absolute atomic E-state index is 12.6. The molecule has 0 unspecified atom stereocenters. The molecule has 3 atom stereocenters. The summed E-state index contributed by atoms with van der Waals surface area (Å²) in [5.41, 5.74) is 2.31. The monoisotopic (exact) mass is 418 g/mol. The van der Waals surface area contributed by atoms with E-state index in [1.807, 2.05) is 36.4 Å². The highest BCUT2D eigenvalue weighted by Crippen LogP contribution is 2.43. The number of carbonyl (C=O) groups excluding carboxylic acids is 2. The molecule has 0 spiro atoms. The van der Waals surface area contributed by atoms with Crippen LogP contribution in [0.3, 0.4) is 0 Å². The van der Waals surface area contributed by atoms with Crippen LogP contribution in [0.1, 0.15) is 57.6 Å². The van der Waals surface area contributed by atoms with Crippen molar-refractivity contribution in [2.75, 3.05) is 0 Å². The van der Waals surface area contributed by atoms with Crippen LogP contribution >= 0.6 is 0 Å². The summed E-state index contributed by atoms with van der Waals surface area (Å²) in [5, 5.41) is 0. The molecule has 0 radical (unpaired) electrons. The van der Waals surface area contributed by atoms with Crippen molar-refractivity contribution in [3.8, 4) is 0 Å². The summed E-state index contributed by atoms with van der Waals surface area (Å²) in [6, 6.07) is 20.5. The van der Waals surface area contributed by atoms with E-state index < -0.39 is 11.8 Å². The van der Waals surface area contributed by atoms with Crippen molar-refractivity contribution in [1.29, 1.82) is 0 Å². The van der Waals surface area contributed by atoms with Crippen molar-refractivity contribution in [2.24, 2.45) is 11.8 Å². The molecule has 164 valence electrons. The second kappa shape index (κ2) is 10.6. The number of aryl methyl sites for hydroxylation is 1. The van der Waals surface area contributed by atoms with Gasteiger partial charge in [-0.15, -0.1) is 0 Å². The van der Waals surface area contributed by atoms with Gasteiger partial charge in [-0.2, -0.15) is 0 Å². The van der Waals surface area contributed by atoms with Gasteiger partial charge in [0.05, 0.1) is 0 Å². The van der Waals surface area contributed by atoms with Crippen molar-refractivity contribution in [1.82, 2.24) is 0 Å². The van der Waals surface area contributed by atoms with Gasteiger partial charge >= 0.3 is 5.97 Å². The second-order valence-corrected chi connectivity index (χ2v) is 9.35. The van der Waals surface area contributed by atoms with Crippen LogP contribution in [-0.4, -0.2) is 17.9 Å². The maximum Gasteiger partial charge on any atom is 0.379 e. The lowest BCUT2D eigenvalue weighted by atomic mass is 9.64. The second-order valence-electron chi connectivity index (χ2n) is 9.35. The number of ketones is 1. The van der Waals surface area contributed by atoms with Crippen molar-refractivity contribution in [3.05, 3.63) is 83.9 Å². The maximum atomic E-state index is 12.6. The number of allylic oxidation sites excluding steroid dienone is 1. The Morgan fingerprint density at radius 2 is 1.65 bits per heavy atom. The van der Waals surface area contributed by atoms with E-state index in [-0.39, 0.29) is 17.4 Å². The summed E-state index contributed by atoms with van der Waals surface area (Å²) < 4.78 is 5.82.